The van der Waals surface area contributed by atoms with Crippen LogP contribution in [-0.4, -0.2) is 57.4 Å². The summed E-state index contributed by atoms with van der Waals surface area (Å²) < 4.78 is 61.2. The summed E-state index contributed by atoms with van der Waals surface area (Å²) in [6.07, 6.45) is 0.193. The molecule has 2 heterocycles. The zero-order valence-electron chi connectivity index (χ0n) is 22.4. The van der Waals surface area contributed by atoms with Gasteiger partial charge in [-0.15, -0.1) is 11.3 Å². The van der Waals surface area contributed by atoms with Crippen LogP contribution in [0.15, 0.2) is 14.5 Å². The van der Waals surface area contributed by atoms with Gasteiger partial charge in [-0.25, -0.2) is 16.8 Å². The van der Waals surface area contributed by atoms with Gasteiger partial charge < -0.3 is 10.1 Å². The van der Waals surface area contributed by atoms with Gasteiger partial charge >= 0.3 is 0 Å². The second-order valence-corrected chi connectivity index (χ2v) is 15.2. The lowest BCUT2D eigenvalue weighted by Gasteiger charge is -2.36. The maximum absolute atomic E-state index is 13.5. The molecule has 0 saturated heterocycles. The van der Waals surface area contributed by atoms with Gasteiger partial charge in [0.15, 0.2) is 21.4 Å². The minimum Gasteiger partial charge on any atom is -0.356 e. The van der Waals surface area contributed by atoms with Crippen molar-refractivity contribution in [3.8, 4) is 0 Å². The molecular formula is C24H40N2O7S3. The van der Waals surface area contributed by atoms with E-state index in [1.54, 1.807) is 27.7 Å². The fourth-order valence-electron chi connectivity index (χ4n) is 4.65. The predicted molar refractivity (Wildman–Crippen MR) is 141 cm³/mol. The van der Waals surface area contributed by atoms with Gasteiger partial charge in [0.05, 0.1) is 10.8 Å². The zero-order valence-corrected chi connectivity index (χ0v) is 24.9. The minimum absolute atomic E-state index is 0.0472. The van der Waals surface area contributed by atoms with Gasteiger partial charge in [-0.3, -0.25) is 9.59 Å². The van der Waals surface area contributed by atoms with Crippen LogP contribution in [0.2, 0.25) is 0 Å². The van der Waals surface area contributed by atoms with Crippen LogP contribution in [0.25, 0.3) is 0 Å². The molecule has 9 nitrogen and oxygen atoms in total. The number of thiophene rings is 1. The number of ether oxygens (including phenoxy) is 1. The molecule has 0 spiro atoms. The Bertz CT molecular complexity index is 1190. The largest absolute Gasteiger partial charge is 0.356 e. The number of fused-ring (bicyclic) bond motifs is 1. The van der Waals surface area contributed by atoms with E-state index in [1.165, 1.54) is 26.8 Å². The van der Waals surface area contributed by atoms with E-state index < -0.39 is 48.1 Å². The topological polar surface area (TPSA) is 136 Å². The molecule has 1 aliphatic rings. The lowest BCUT2D eigenvalue weighted by atomic mass is 9.89. The molecule has 2 rings (SSSR count). The van der Waals surface area contributed by atoms with Crippen molar-refractivity contribution in [3.63, 3.8) is 0 Å². The van der Waals surface area contributed by atoms with Crippen LogP contribution < -0.4 is 10.0 Å². The first kappa shape index (κ1) is 31.0. The van der Waals surface area contributed by atoms with Crippen molar-refractivity contribution >= 4 is 42.8 Å². The molecule has 0 bridgehead atoms. The first-order valence-corrected chi connectivity index (χ1v) is 16.3. The molecule has 0 fully saturated rings. The fourth-order valence-corrected chi connectivity index (χ4v) is 10.1. The Morgan fingerprint density at radius 2 is 1.78 bits per heavy atom. The van der Waals surface area contributed by atoms with E-state index in [4.69, 9.17) is 4.74 Å². The van der Waals surface area contributed by atoms with Gasteiger partial charge in [-0.1, -0.05) is 27.7 Å². The average Bonchev–Trinajstić information content (AvgIpc) is 3.28. The van der Waals surface area contributed by atoms with Gasteiger partial charge in [-0.05, 0) is 66.0 Å². The summed E-state index contributed by atoms with van der Waals surface area (Å²) in [5.74, 6) is -0.699. The molecule has 0 saturated carbocycles. The van der Waals surface area contributed by atoms with E-state index in [-0.39, 0.29) is 26.7 Å². The molecule has 0 aromatic carbocycles. The Morgan fingerprint density at radius 3 is 2.25 bits per heavy atom. The summed E-state index contributed by atoms with van der Waals surface area (Å²) in [6.45, 7) is 13.8. The van der Waals surface area contributed by atoms with Gasteiger partial charge in [0.25, 0.3) is 10.0 Å². The molecule has 206 valence electrons. The Morgan fingerprint density at radius 1 is 1.19 bits per heavy atom. The van der Waals surface area contributed by atoms with Crippen molar-refractivity contribution in [3.05, 3.63) is 11.6 Å². The number of Topliss-reactive ketones (excluding diaryl/α,β-unsaturated/α-hetero) is 2. The maximum atomic E-state index is 13.5. The number of carbonyl (C=O) groups excluding carboxylic acids is 2. The third-order valence-electron chi connectivity index (χ3n) is 7.31. The average molecular weight is 565 g/mol. The minimum atomic E-state index is -4.25. The number of sulfone groups is 1. The first-order chi connectivity index (χ1) is 16.5. The van der Waals surface area contributed by atoms with Gasteiger partial charge in [0, 0.05) is 11.6 Å². The Labute approximate surface area is 219 Å². The summed E-state index contributed by atoms with van der Waals surface area (Å²) in [5.41, 5.74) is -2.21. The first-order valence-electron chi connectivity index (χ1n) is 12.4. The number of hydrogen-bond donors (Lipinski definition) is 2. The fraction of sp³-hybridized carbons (Fsp3) is 0.750. The molecule has 4 atom stereocenters. The molecule has 1 aromatic rings. The van der Waals surface area contributed by atoms with Crippen LogP contribution in [0.5, 0.6) is 0 Å². The molecule has 1 aliphatic heterocycles. The second kappa shape index (κ2) is 11.3. The molecular weight excluding hydrogens is 524 g/mol. The number of ketones is 2. The van der Waals surface area contributed by atoms with Crippen molar-refractivity contribution in [2.75, 3.05) is 6.54 Å². The predicted octanol–water partition coefficient (Wildman–Crippen LogP) is 3.53. The highest BCUT2D eigenvalue weighted by molar-refractivity contribution is 7.95. The van der Waals surface area contributed by atoms with Gasteiger partial charge in [-0.2, -0.15) is 4.72 Å². The monoisotopic (exact) mass is 564 g/mol. The zero-order chi connectivity index (χ0) is 27.7. The van der Waals surface area contributed by atoms with Crippen LogP contribution in [0.1, 0.15) is 92.7 Å². The SMILES string of the molecule is CCNC1C[C@H](C)S(=O)(=O)c2sc(S(=O)(=O)NC(C)(CC)C(=O)C(C)OC(CC)(CC)C(C)=O)cc21. The van der Waals surface area contributed by atoms with E-state index in [1.807, 2.05) is 6.92 Å². The lowest BCUT2D eigenvalue weighted by Crippen LogP contribution is -2.56. The van der Waals surface area contributed by atoms with Crippen LogP contribution in [0.4, 0.5) is 0 Å². The van der Waals surface area contributed by atoms with Crippen LogP contribution in [0, 0.1) is 0 Å². The van der Waals surface area contributed by atoms with Crippen molar-refractivity contribution in [1.82, 2.24) is 10.0 Å². The highest BCUT2D eigenvalue weighted by Crippen LogP contribution is 2.43. The molecule has 0 aliphatic carbocycles. The molecule has 0 amide bonds. The Kier molecular flexibility index (Phi) is 9.73. The molecule has 3 unspecified atom stereocenters. The second-order valence-electron chi connectivity index (χ2n) is 9.68. The normalized spacial score (nSPS) is 22.4. The third kappa shape index (κ3) is 5.78. The highest BCUT2D eigenvalue weighted by atomic mass is 32.3. The lowest BCUT2D eigenvalue weighted by molar-refractivity contribution is -0.161. The van der Waals surface area contributed by atoms with Crippen LogP contribution in [0.3, 0.4) is 0 Å². The van der Waals surface area contributed by atoms with E-state index >= 15 is 0 Å². The van der Waals surface area contributed by atoms with E-state index in [0.717, 1.165) is 0 Å². The molecule has 2 N–H and O–H groups in total. The smallest absolute Gasteiger partial charge is 0.251 e. The quantitative estimate of drug-likeness (QED) is 0.371. The van der Waals surface area contributed by atoms with Gasteiger partial charge in [0.1, 0.15) is 20.1 Å². The summed E-state index contributed by atoms with van der Waals surface area (Å²) in [5, 5.41) is 2.59. The summed E-state index contributed by atoms with van der Waals surface area (Å²) in [6, 6.07) is 1.12. The molecule has 12 heteroatoms. The van der Waals surface area contributed by atoms with Crippen LogP contribution >= 0.6 is 11.3 Å². The Hall–Kier alpha value is -1.18. The summed E-state index contributed by atoms with van der Waals surface area (Å²) in [7, 11) is -7.90. The summed E-state index contributed by atoms with van der Waals surface area (Å²) in [4.78, 5) is 25.7. The number of nitrogens with one attached hydrogen (secondary N) is 2. The number of sulfonamides is 1. The number of carbonyl (C=O) groups is 2. The number of rotatable bonds is 13. The van der Waals surface area contributed by atoms with Crippen molar-refractivity contribution < 1.29 is 31.2 Å². The Balaban J connectivity index is 2.42. The third-order valence-corrected chi connectivity index (χ3v) is 13.3. The van der Waals surface area contributed by atoms with Crippen molar-refractivity contribution in [2.45, 2.75) is 118 Å². The van der Waals surface area contributed by atoms with E-state index in [0.29, 0.717) is 42.7 Å². The summed E-state index contributed by atoms with van der Waals surface area (Å²) >= 11 is 0.709. The number of hydrogen-bond acceptors (Lipinski definition) is 9. The van der Waals surface area contributed by atoms with Gasteiger partial charge in [0.2, 0.25) is 0 Å². The highest BCUT2D eigenvalue weighted by Gasteiger charge is 2.45. The van der Waals surface area contributed by atoms with Crippen molar-refractivity contribution in [2.24, 2.45) is 0 Å². The van der Waals surface area contributed by atoms with Crippen molar-refractivity contribution in [1.29, 1.82) is 0 Å². The molecule has 36 heavy (non-hydrogen) atoms. The standard InChI is InChI=1S/C24H40N2O7S3/c1-9-23(8,21(28)16(6)33-24(10-2,11-3)17(7)27)26-36(31,32)20-14-18-19(25-12-4)13-15(5)35(29,30)22(18)34-20/h14-16,19,25-26H,9-13H2,1-8H3/t15-,16?,19?,23?/m0/s1. The molecule has 1 aromatic heterocycles. The van der Waals surface area contributed by atoms with E-state index in [9.17, 15) is 26.4 Å². The molecule has 0 radical (unpaired) electrons. The maximum Gasteiger partial charge on any atom is 0.251 e. The van der Waals surface area contributed by atoms with E-state index in [2.05, 4.69) is 10.0 Å². The van der Waals surface area contributed by atoms with Crippen LogP contribution in [-0.2, 0) is 34.2 Å².